The van der Waals surface area contributed by atoms with E-state index in [0.717, 1.165) is 12.2 Å². The van der Waals surface area contributed by atoms with Crippen LogP contribution in [0, 0.1) is 0 Å². The average molecular weight is 265 g/mol. The Morgan fingerprint density at radius 2 is 1.84 bits per heavy atom. The largest absolute Gasteiger partial charge is 0.494 e. The number of hydroxylamine groups is 1. The van der Waals surface area contributed by atoms with E-state index in [1.165, 1.54) is 5.56 Å². The molecule has 0 heterocycles. The van der Waals surface area contributed by atoms with Gasteiger partial charge in [0.1, 0.15) is 5.75 Å². The third-order valence-electron chi connectivity index (χ3n) is 2.91. The molecule has 0 unspecified atom stereocenters. The van der Waals surface area contributed by atoms with Crippen LogP contribution in [0.5, 0.6) is 5.75 Å². The summed E-state index contributed by atoms with van der Waals surface area (Å²) in [6, 6.07) is 8.10. The number of amides is 1. The van der Waals surface area contributed by atoms with E-state index in [0.29, 0.717) is 19.4 Å². The highest BCUT2D eigenvalue weighted by Gasteiger charge is 2.12. The molecule has 0 fully saturated rings. The molecule has 2 N–H and O–H groups in total. The first-order chi connectivity index (χ1) is 8.93. The van der Waals surface area contributed by atoms with Crippen LogP contribution in [0.25, 0.3) is 0 Å². The van der Waals surface area contributed by atoms with E-state index in [1.807, 2.05) is 12.1 Å². The lowest BCUT2D eigenvalue weighted by Crippen LogP contribution is -2.18. The molecule has 1 amide bonds. The summed E-state index contributed by atoms with van der Waals surface area (Å²) in [5.74, 6) is 0.495. The van der Waals surface area contributed by atoms with Crippen LogP contribution < -0.4 is 10.2 Å². The van der Waals surface area contributed by atoms with Gasteiger partial charge in [0.2, 0.25) is 5.91 Å². The van der Waals surface area contributed by atoms with Crippen LogP contribution in [0.4, 0.5) is 0 Å². The molecule has 4 heteroatoms. The van der Waals surface area contributed by atoms with Gasteiger partial charge in [0.05, 0.1) is 6.61 Å². The lowest BCUT2D eigenvalue weighted by atomic mass is 9.87. The van der Waals surface area contributed by atoms with Gasteiger partial charge in [-0.25, -0.2) is 5.48 Å². The highest BCUT2D eigenvalue weighted by atomic mass is 16.5. The van der Waals surface area contributed by atoms with E-state index in [-0.39, 0.29) is 11.3 Å². The maximum Gasteiger partial charge on any atom is 0.243 e. The topological polar surface area (TPSA) is 58.6 Å². The lowest BCUT2D eigenvalue weighted by Gasteiger charge is -2.19. The zero-order valence-corrected chi connectivity index (χ0v) is 11.9. The summed E-state index contributed by atoms with van der Waals surface area (Å²) in [6.07, 6.45) is 1.81. The summed E-state index contributed by atoms with van der Waals surface area (Å²) in [7, 11) is 0. The summed E-state index contributed by atoms with van der Waals surface area (Å²) >= 11 is 0. The smallest absolute Gasteiger partial charge is 0.243 e. The maximum atomic E-state index is 10.8. The second kappa shape index (κ2) is 7.14. The fraction of sp³-hybridized carbons (Fsp3) is 0.533. The minimum Gasteiger partial charge on any atom is -0.494 e. The van der Waals surface area contributed by atoms with Crippen LogP contribution >= 0.6 is 0 Å². The number of ether oxygens (including phenoxy) is 1. The van der Waals surface area contributed by atoms with Gasteiger partial charge in [-0.1, -0.05) is 32.9 Å². The molecule has 106 valence electrons. The number of hydrogen-bond acceptors (Lipinski definition) is 3. The maximum absolute atomic E-state index is 10.8. The molecular formula is C15H23NO3. The van der Waals surface area contributed by atoms with Crippen LogP contribution in [0.3, 0.4) is 0 Å². The van der Waals surface area contributed by atoms with E-state index >= 15 is 0 Å². The first kappa shape index (κ1) is 15.5. The van der Waals surface area contributed by atoms with E-state index in [9.17, 15) is 4.79 Å². The molecule has 0 aliphatic rings. The Morgan fingerprint density at radius 3 is 2.37 bits per heavy atom. The molecule has 19 heavy (non-hydrogen) atoms. The van der Waals surface area contributed by atoms with Crippen molar-refractivity contribution in [2.45, 2.75) is 45.4 Å². The Bertz CT molecular complexity index is 393. The van der Waals surface area contributed by atoms with Gasteiger partial charge in [-0.3, -0.25) is 10.0 Å². The van der Waals surface area contributed by atoms with Crippen molar-refractivity contribution in [1.82, 2.24) is 5.48 Å². The second-order valence-corrected chi connectivity index (χ2v) is 5.61. The summed E-state index contributed by atoms with van der Waals surface area (Å²) in [4.78, 5) is 10.8. The van der Waals surface area contributed by atoms with Crippen molar-refractivity contribution in [3.8, 4) is 5.75 Å². The van der Waals surface area contributed by atoms with Crippen molar-refractivity contribution < 1.29 is 14.7 Å². The fourth-order valence-corrected chi connectivity index (χ4v) is 1.68. The van der Waals surface area contributed by atoms with Crippen LogP contribution in [0.15, 0.2) is 24.3 Å². The van der Waals surface area contributed by atoms with Gasteiger partial charge in [-0.2, -0.15) is 0 Å². The normalized spacial score (nSPS) is 11.2. The molecule has 0 aliphatic heterocycles. The van der Waals surface area contributed by atoms with Crippen molar-refractivity contribution in [3.05, 3.63) is 29.8 Å². The van der Waals surface area contributed by atoms with E-state index in [4.69, 9.17) is 9.94 Å². The number of hydrogen-bond donors (Lipinski definition) is 2. The molecule has 0 aliphatic carbocycles. The zero-order chi connectivity index (χ0) is 14.3. The number of carbonyl (C=O) groups excluding carboxylic acids is 1. The Kier molecular flexibility index (Phi) is 5.83. The third-order valence-corrected chi connectivity index (χ3v) is 2.91. The molecule has 0 aromatic heterocycles. The molecule has 0 bridgehead atoms. The predicted molar refractivity (Wildman–Crippen MR) is 74.4 cm³/mol. The zero-order valence-electron chi connectivity index (χ0n) is 11.9. The molecule has 1 rings (SSSR count). The SMILES string of the molecule is CC(C)(C)c1ccc(OCCCCC(=O)NO)cc1. The van der Waals surface area contributed by atoms with Gasteiger partial charge in [-0.05, 0) is 36.0 Å². The van der Waals surface area contributed by atoms with Gasteiger partial charge in [0.25, 0.3) is 0 Å². The average Bonchev–Trinajstić information content (AvgIpc) is 2.37. The summed E-state index contributed by atoms with van der Waals surface area (Å²) in [6.45, 7) is 7.10. The molecule has 1 aromatic rings. The fourth-order valence-electron chi connectivity index (χ4n) is 1.68. The third kappa shape index (κ3) is 5.75. The molecule has 0 saturated heterocycles. The van der Waals surface area contributed by atoms with Crippen molar-refractivity contribution in [1.29, 1.82) is 0 Å². The minimum absolute atomic E-state index is 0.149. The lowest BCUT2D eigenvalue weighted by molar-refractivity contribution is -0.129. The number of unbranched alkanes of at least 4 members (excludes halogenated alkanes) is 1. The molecule has 0 radical (unpaired) electrons. The van der Waals surface area contributed by atoms with Crippen molar-refractivity contribution in [3.63, 3.8) is 0 Å². The van der Waals surface area contributed by atoms with Gasteiger partial charge < -0.3 is 4.74 Å². The second-order valence-electron chi connectivity index (χ2n) is 5.61. The number of benzene rings is 1. The van der Waals surface area contributed by atoms with Crippen LogP contribution in [0.2, 0.25) is 0 Å². The van der Waals surface area contributed by atoms with Crippen molar-refractivity contribution in [2.75, 3.05) is 6.61 Å². The molecule has 1 aromatic carbocycles. The van der Waals surface area contributed by atoms with Gasteiger partial charge >= 0.3 is 0 Å². The van der Waals surface area contributed by atoms with Crippen LogP contribution in [-0.4, -0.2) is 17.7 Å². The van der Waals surface area contributed by atoms with Gasteiger partial charge in [0, 0.05) is 6.42 Å². The Balaban J connectivity index is 2.29. The summed E-state index contributed by atoms with van der Waals surface area (Å²) in [5.41, 5.74) is 3.04. The van der Waals surface area contributed by atoms with Gasteiger partial charge in [0.15, 0.2) is 0 Å². The monoisotopic (exact) mass is 265 g/mol. The van der Waals surface area contributed by atoms with E-state index in [1.54, 1.807) is 5.48 Å². The first-order valence-corrected chi connectivity index (χ1v) is 6.60. The Morgan fingerprint density at radius 1 is 1.21 bits per heavy atom. The first-order valence-electron chi connectivity index (χ1n) is 6.60. The number of nitrogens with one attached hydrogen (secondary N) is 1. The predicted octanol–water partition coefficient (Wildman–Crippen LogP) is 3.04. The highest BCUT2D eigenvalue weighted by molar-refractivity contribution is 5.74. The highest BCUT2D eigenvalue weighted by Crippen LogP contribution is 2.24. The molecule has 4 nitrogen and oxygen atoms in total. The summed E-state index contributed by atoms with van der Waals surface area (Å²) < 4.78 is 5.59. The quantitative estimate of drug-likeness (QED) is 0.472. The minimum atomic E-state index is -0.352. The molecule has 0 saturated carbocycles. The Hall–Kier alpha value is -1.55. The van der Waals surface area contributed by atoms with Crippen LogP contribution in [-0.2, 0) is 10.2 Å². The van der Waals surface area contributed by atoms with Crippen LogP contribution in [0.1, 0.15) is 45.6 Å². The van der Waals surface area contributed by atoms with E-state index < -0.39 is 0 Å². The number of rotatable bonds is 6. The number of carbonyl (C=O) groups is 1. The van der Waals surface area contributed by atoms with E-state index in [2.05, 4.69) is 32.9 Å². The summed E-state index contributed by atoms with van der Waals surface area (Å²) in [5, 5.41) is 8.33. The molecule has 0 atom stereocenters. The molecule has 0 spiro atoms. The molecular weight excluding hydrogens is 242 g/mol. The van der Waals surface area contributed by atoms with Gasteiger partial charge in [-0.15, -0.1) is 0 Å². The van der Waals surface area contributed by atoms with Crippen molar-refractivity contribution >= 4 is 5.91 Å². The Labute approximate surface area is 114 Å². The standard InChI is InChI=1S/C15H23NO3/c1-15(2,3)12-7-9-13(10-8-12)19-11-5-4-6-14(17)16-18/h7-10,18H,4-6,11H2,1-3H3,(H,16,17). The van der Waals surface area contributed by atoms with Crippen molar-refractivity contribution in [2.24, 2.45) is 0 Å².